The van der Waals surface area contributed by atoms with E-state index in [2.05, 4.69) is 22.8 Å². The van der Waals surface area contributed by atoms with Gasteiger partial charge in [0.25, 0.3) is 11.8 Å². The summed E-state index contributed by atoms with van der Waals surface area (Å²) in [7, 11) is 3.73. The largest absolute Gasteiger partial charge is 0.329 e. The molecule has 1 rings (SSSR count). The molecule has 2 amide bonds. The molecule has 26 heavy (non-hydrogen) atoms. The molecule has 2 atom stereocenters. The Hall–Kier alpha value is -2.94. The van der Waals surface area contributed by atoms with Crippen molar-refractivity contribution in [3.8, 4) is 12.1 Å². The van der Waals surface area contributed by atoms with Crippen molar-refractivity contribution < 1.29 is 19.4 Å². The van der Waals surface area contributed by atoms with Crippen molar-refractivity contribution in [2.24, 2.45) is 0 Å². The number of hydrogen-bond donors (Lipinski definition) is 4. The first-order valence-corrected chi connectivity index (χ1v) is 8.51. The Labute approximate surface area is 154 Å². The molecule has 138 valence electrons. The van der Waals surface area contributed by atoms with E-state index in [-0.39, 0.29) is 24.9 Å². The molecule has 0 saturated heterocycles. The Morgan fingerprint density at radius 1 is 0.846 bits per heavy atom. The maximum absolute atomic E-state index is 11.9. The first-order valence-electron chi connectivity index (χ1n) is 8.51. The second-order valence-electron chi connectivity index (χ2n) is 6.26. The molecule has 0 bridgehead atoms. The highest BCUT2D eigenvalue weighted by molar-refractivity contribution is 5.93. The minimum absolute atomic E-state index is 0.125. The molecule has 1 aromatic carbocycles. The molecule has 0 fully saturated rings. The summed E-state index contributed by atoms with van der Waals surface area (Å²) < 4.78 is 0. The number of carbonyl (C=O) groups excluding carboxylic acids is 2. The van der Waals surface area contributed by atoms with Gasteiger partial charge in [0.15, 0.2) is 13.1 Å². The van der Waals surface area contributed by atoms with Gasteiger partial charge in [-0.05, 0) is 24.3 Å². The van der Waals surface area contributed by atoms with Gasteiger partial charge >= 0.3 is 0 Å². The second kappa shape index (κ2) is 11.6. The summed E-state index contributed by atoms with van der Waals surface area (Å²) in [5.74, 6) is -0.250. The van der Waals surface area contributed by atoms with E-state index in [0.717, 1.165) is 9.80 Å². The maximum atomic E-state index is 11.9. The predicted molar refractivity (Wildman–Crippen MR) is 97.4 cm³/mol. The van der Waals surface area contributed by atoms with Gasteiger partial charge in [0.2, 0.25) is 0 Å². The van der Waals surface area contributed by atoms with E-state index in [1.807, 2.05) is 14.1 Å². The van der Waals surface area contributed by atoms with Crippen molar-refractivity contribution in [2.75, 3.05) is 50.9 Å². The van der Waals surface area contributed by atoms with Gasteiger partial charge < -0.3 is 20.4 Å². The van der Waals surface area contributed by atoms with Gasteiger partial charge in [0.1, 0.15) is 0 Å². The molecule has 0 aromatic heterocycles. The van der Waals surface area contributed by atoms with Gasteiger partial charge in [-0.15, -0.1) is 0 Å². The molecule has 0 saturated carbocycles. The number of rotatable bonds is 10. The number of likely N-dealkylation sites (N-methyl/N-ethyl adjacent to an activating group) is 2. The number of nitriles is 2. The number of hydrogen-bond acceptors (Lipinski definition) is 4. The van der Waals surface area contributed by atoms with Crippen LogP contribution in [0.25, 0.3) is 0 Å². The van der Waals surface area contributed by atoms with Crippen molar-refractivity contribution in [3.63, 3.8) is 0 Å². The van der Waals surface area contributed by atoms with E-state index < -0.39 is 0 Å². The summed E-state index contributed by atoms with van der Waals surface area (Å²) in [5.41, 5.74) is 1.30. The Bertz CT molecular complexity index is 615. The summed E-state index contributed by atoms with van der Waals surface area (Å²) in [6, 6.07) is 11.0. The predicted octanol–water partition coefficient (Wildman–Crippen LogP) is -1.58. The monoisotopic (exact) mass is 358 g/mol. The Morgan fingerprint density at radius 3 is 1.50 bits per heavy atom. The van der Waals surface area contributed by atoms with Crippen LogP contribution in [0, 0.1) is 22.7 Å². The topological polar surface area (TPSA) is 115 Å². The lowest BCUT2D eigenvalue weighted by Crippen LogP contribution is -3.10. The van der Waals surface area contributed by atoms with Crippen LogP contribution in [0.5, 0.6) is 0 Å². The molecule has 2 unspecified atom stereocenters. The van der Waals surface area contributed by atoms with E-state index >= 15 is 0 Å². The number of carbonyl (C=O) groups is 2. The smallest absolute Gasteiger partial charge is 0.279 e. The number of anilines is 2. The molecule has 0 aliphatic carbocycles. The van der Waals surface area contributed by atoms with Gasteiger partial charge in [0, 0.05) is 11.4 Å². The Kier molecular flexibility index (Phi) is 9.40. The van der Waals surface area contributed by atoms with Gasteiger partial charge in [-0.2, -0.15) is 10.5 Å². The highest BCUT2D eigenvalue weighted by Crippen LogP contribution is 2.13. The molecule has 0 aliphatic heterocycles. The number of amides is 2. The third-order valence-electron chi connectivity index (χ3n) is 3.70. The molecule has 1 aromatic rings. The summed E-state index contributed by atoms with van der Waals surface area (Å²) in [6.07, 6.45) is 0.835. The average molecular weight is 358 g/mol. The van der Waals surface area contributed by atoms with Crippen molar-refractivity contribution >= 4 is 23.2 Å². The quantitative estimate of drug-likeness (QED) is 0.404. The zero-order chi connectivity index (χ0) is 19.4. The summed E-state index contributed by atoms with van der Waals surface area (Å²) >= 11 is 0. The minimum atomic E-state index is -0.125. The normalized spacial score (nSPS) is 12.3. The fourth-order valence-electron chi connectivity index (χ4n) is 2.31. The van der Waals surface area contributed by atoms with Crippen LogP contribution >= 0.6 is 0 Å². The molecule has 0 spiro atoms. The van der Waals surface area contributed by atoms with Crippen molar-refractivity contribution in [2.45, 2.75) is 12.8 Å². The van der Waals surface area contributed by atoms with E-state index in [4.69, 9.17) is 10.5 Å². The highest BCUT2D eigenvalue weighted by atomic mass is 16.2. The van der Waals surface area contributed by atoms with Crippen molar-refractivity contribution in [1.82, 2.24) is 0 Å². The molecule has 4 N–H and O–H groups in total. The third-order valence-corrected chi connectivity index (χ3v) is 3.70. The second-order valence-corrected chi connectivity index (χ2v) is 6.26. The number of nitrogens with one attached hydrogen (secondary N) is 4. The van der Waals surface area contributed by atoms with E-state index in [1.54, 1.807) is 24.3 Å². The number of quaternary nitrogens is 2. The number of nitrogens with zero attached hydrogens (tertiary/aromatic N) is 2. The fraction of sp³-hybridized carbons (Fsp3) is 0.444. The third kappa shape index (κ3) is 8.78. The first kappa shape index (κ1) is 21.1. The van der Waals surface area contributed by atoms with Crippen molar-refractivity contribution in [3.05, 3.63) is 24.3 Å². The van der Waals surface area contributed by atoms with Gasteiger partial charge in [-0.25, -0.2) is 0 Å². The van der Waals surface area contributed by atoms with Crippen LogP contribution in [0.4, 0.5) is 11.4 Å². The summed E-state index contributed by atoms with van der Waals surface area (Å²) in [4.78, 5) is 25.8. The van der Waals surface area contributed by atoms with Crippen LogP contribution in [-0.4, -0.2) is 52.1 Å². The van der Waals surface area contributed by atoms with E-state index in [1.165, 1.54) is 0 Å². The van der Waals surface area contributed by atoms with Crippen LogP contribution in [0.2, 0.25) is 0 Å². The molecule has 8 heteroatoms. The SMILES string of the molecule is C[NH+](CCC#N)CC(=O)Nc1ccc(NC(=O)C[NH+](C)CCC#N)cc1. The van der Waals surface area contributed by atoms with Crippen molar-refractivity contribution in [1.29, 1.82) is 10.5 Å². The lowest BCUT2D eigenvalue weighted by atomic mass is 10.2. The molecule has 0 heterocycles. The Balaban J connectivity index is 2.43. The molecular formula is C18H26N6O2+2. The van der Waals surface area contributed by atoms with E-state index in [0.29, 0.717) is 37.3 Å². The Morgan fingerprint density at radius 2 is 1.19 bits per heavy atom. The van der Waals surface area contributed by atoms with E-state index in [9.17, 15) is 9.59 Å². The van der Waals surface area contributed by atoms with Crippen LogP contribution in [0.3, 0.4) is 0 Å². The van der Waals surface area contributed by atoms with Gasteiger partial charge in [0.05, 0.1) is 52.2 Å². The molecular weight excluding hydrogens is 332 g/mol. The lowest BCUT2D eigenvalue weighted by molar-refractivity contribution is -0.870. The zero-order valence-corrected chi connectivity index (χ0v) is 15.3. The standard InChI is InChI=1S/C18H24N6O2/c1-23(11-3-9-19)13-17(25)21-15-5-7-16(8-6-15)22-18(26)14-24(2)12-4-10-20/h5-8H,3-4,11-14H2,1-2H3,(H,21,25)(H,22,26)/p+2. The van der Waals surface area contributed by atoms with Gasteiger partial charge in [-0.3, -0.25) is 9.59 Å². The summed E-state index contributed by atoms with van der Waals surface area (Å²) in [6.45, 7) is 1.83. The fourth-order valence-corrected chi connectivity index (χ4v) is 2.31. The maximum Gasteiger partial charge on any atom is 0.279 e. The molecule has 0 aliphatic rings. The lowest BCUT2D eigenvalue weighted by Gasteiger charge is -2.13. The van der Waals surface area contributed by atoms with Crippen LogP contribution < -0.4 is 20.4 Å². The molecule has 0 radical (unpaired) electrons. The average Bonchev–Trinajstić information content (AvgIpc) is 2.59. The van der Waals surface area contributed by atoms with Gasteiger partial charge in [-0.1, -0.05) is 0 Å². The van der Waals surface area contributed by atoms with Crippen LogP contribution in [-0.2, 0) is 9.59 Å². The minimum Gasteiger partial charge on any atom is -0.329 e. The molecule has 8 nitrogen and oxygen atoms in total. The van der Waals surface area contributed by atoms with Crippen LogP contribution in [0.15, 0.2) is 24.3 Å². The highest BCUT2D eigenvalue weighted by Gasteiger charge is 2.11. The first-order chi connectivity index (χ1) is 12.4. The van der Waals surface area contributed by atoms with Crippen LogP contribution in [0.1, 0.15) is 12.8 Å². The number of benzene rings is 1. The zero-order valence-electron chi connectivity index (χ0n) is 15.3. The summed E-state index contributed by atoms with van der Waals surface area (Å²) in [5, 5.41) is 22.7.